The Bertz CT molecular complexity index is 1400. The molecule has 1 atom stereocenters. The van der Waals surface area contributed by atoms with Crippen molar-refractivity contribution in [2.24, 2.45) is 0 Å². The Morgan fingerprint density at radius 1 is 0.886 bits per heavy atom. The Labute approximate surface area is 204 Å². The number of anilines is 1. The molecule has 0 aromatic heterocycles. The first-order valence-corrected chi connectivity index (χ1v) is 13.4. The second kappa shape index (κ2) is 8.61. The van der Waals surface area contributed by atoms with E-state index in [0.29, 0.717) is 49.7 Å². The lowest BCUT2D eigenvalue weighted by atomic mass is 10.0. The molecule has 7 nitrogen and oxygen atoms in total. The van der Waals surface area contributed by atoms with Gasteiger partial charge in [-0.3, -0.25) is 9.10 Å². The highest BCUT2D eigenvalue weighted by Crippen LogP contribution is 2.39. The quantitative estimate of drug-likeness (QED) is 0.548. The van der Waals surface area contributed by atoms with Crippen LogP contribution in [0.15, 0.2) is 71.6 Å². The first-order valence-electron chi connectivity index (χ1n) is 11.9. The van der Waals surface area contributed by atoms with Crippen molar-refractivity contribution in [3.8, 4) is 11.5 Å². The highest BCUT2D eigenvalue weighted by atomic mass is 32.2. The molecule has 180 valence electrons. The molecule has 8 heteroatoms. The standard InChI is InChI=1S/C27H26N2O5S/c30-27(28-13-4-9-23(28)20-10-11-25-26(18-20)34-16-15-33-25)21-6-3-7-22(17-21)35(31,32)29-14-12-19-5-1-2-8-24(19)29/h1-3,5-8,10-11,17-18,23H,4,9,12-16H2. The molecule has 3 aromatic rings. The van der Waals surface area contributed by atoms with Gasteiger partial charge in [-0.1, -0.05) is 30.3 Å². The fraction of sp³-hybridized carbons (Fsp3) is 0.296. The second-order valence-corrected chi connectivity index (χ2v) is 10.9. The molecule has 35 heavy (non-hydrogen) atoms. The van der Waals surface area contributed by atoms with E-state index in [2.05, 4.69) is 0 Å². The predicted octanol–water partition coefficient (Wildman–Crippen LogP) is 4.19. The molecule has 1 unspecified atom stereocenters. The minimum atomic E-state index is -3.78. The number of carbonyl (C=O) groups excluding carboxylic acids is 1. The van der Waals surface area contributed by atoms with Gasteiger partial charge in [0.25, 0.3) is 15.9 Å². The van der Waals surface area contributed by atoms with Crippen LogP contribution in [-0.2, 0) is 16.4 Å². The molecular formula is C27H26N2O5S. The monoisotopic (exact) mass is 490 g/mol. The van der Waals surface area contributed by atoms with Crippen molar-refractivity contribution in [3.05, 3.63) is 83.4 Å². The van der Waals surface area contributed by atoms with Crippen LogP contribution in [0.1, 0.15) is 40.4 Å². The van der Waals surface area contributed by atoms with E-state index in [1.54, 1.807) is 18.2 Å². The van der Waals surface area contributed by atoms with Crippen molar-refractivity contribution in [2.75, 3.05) is 30.6 Å². The summed E-state index contributed by atoms with van der Waals surface area (Å²) in [7, 11) is -3.78. The zero-order valence-electron chi connectivity index (χ0n) is 19.2. The third-order valence-corrected chi connectivity index (χ3v) is 8.79. The van der Waals surface area contributed by atoms with Crippen molar-refractivity contribution in [1.29, 1.82) is 0 Å². The minimum Gasteiger partial charge on any atom is -0.486 e. The van der Waals surface area contributed by atoms with E-state index < -0.39 is 10.0 Å². The van der Waals surface area contributed by atoms with Crippen LogP contribution in [0, 0.1) is 0 Å². The average molecular weight is 491 g/mol. The van der Waals surface area contributed by atoms with Crippen LogP contribution in [-0.4, -0.2) is 45.5 Å². The molecule has 0 bridgehead atoms. The third kappa shape index (κ3) is 3.82. The number of hydrogen-bond acceptors (Lipinski definition) is 5. The molecule has 0 radical (unpaired) electrons. The summed E-state index contributed by atoms with van der Waals surface area (Å²) in [6, 6.07) is 19.7. The molecule has 3 aliphatic rings. The fourth-order valence-electron chi connectivity index (χ4n) is 5.26. The topological polar surface area (TPSA) is 76.2 Å². The summed E-state index contributed by atoms with van der Waals surface area (Å²) in [6.45, 7) is 2.06. The summed E-state index contributed by atoms with van der Waals surface area (Å²) in [5.41, 5.74) is 3.10. The number of para-hydroxylation sites is 1. The molecule has 1 amide bonds. The van der Waals surface area contributed by atoms with Crippen LogP contribution in [0.5, 0.6) is 11.5 Å². The maximum absolute atomic E-state index is 13.6. The second-order valence-electron chi connectivity index (χ2n) is 9.04. The molecular weight excluding hydrogens is 464 g/mol. The molecule has 3 aromatic carbocycles. The zero-order valence-corrected chi connectivity index (χ0v) is 20.0. The Balaban J connectivity index is 1.28. The number of nitrogens with zero attached hydrogens (tertiary/aromatic N) is 2. The average Bonchev–Trinajstić information content (AvgIpc) is 3.56. The number of fused-ring (bicyclic) bond motifs is 2. The number of likely N-dealkylation sites (tertiary alicyclic amines) is 1. The summed E-state index contributed by atoms with van der Waals surface area (Å²) >= 11 is 0. The van der Waals surface area contributed by atoms with Crippen molar-refractivity contribution >= 4 is 21.6 Å². The molecule has 0 spiro atoms. The highest BCUT2D eigenvalue weighted by Gasteiger charge is 2.34. The van der Waals surface area contributed by atoms with Gasteiger partial charge in [0.15, 0.2) is 11.5 Å². The minimum absolute atomic E-state index is 0.0935. The predicted molar refractivity (Wildman–Crippen MR) is 132 cm³/mol. The smallest absolute Gasteiger partial charge is 0.264 e. The van der Waals surface area contributed by atoms with E-state index in [-0.39, 0.29) is 16.8 Å². The van der Waals surface area contributed by atoms with E-state index >= 15 is 0 Å². The summed E-state index contributed by atoms with van der Waals surface area (Å²) in [6.07, 6.45) is 2.40. The van der Waals surface area contributed by atoms with E-state index in [1.807, 2.05) is 47.4 Å². The van der Waals surface area contributed by atoms with Gasteiger partial charge in [-0.05, 0) is 66.8 Å². The van der Waals surface area contributed by atoms with Gasteiger partial charge in [-0.25, -0.2) is 8.42 Å². The molecule has 1 fully saturated rings. The summed E-state index contributed by atoms with van der Waals surface area (Å²) in [5.74, 6) is 1.26. The van der Waals surface area contributed by atoms with Crippen molar-refractivity contribution in [1.82, 2.24) is 4.90 Å². The van der Waals surface area contributed by atoms with Gasteiger partial charge in [-0.15, -0.1) is 0 Å². The third-order valence-electron chi connectivity index (χ3n) is 6.98. The number of sulfonamides is 1. The largest absolute Gasteiger partial charge is 0.486 e. The van der Waals surface area contributed by atoms with Gasteiger partial charge in [0.1, 0.15) is 13.2 Å². The van der Waals surface area contributed by atoms with Crippen molar-refractivity contribution < 1.29 is 22.7 Å². The molecule has 0 aliphatic carbocycles. The molecule has 3 aliphatic heterocycles. The lowest BCUT2D eigenvalue weighted by Gasteiger charge is -2.27. The first-order chi connectivity index (χ1) is 17.0. The molecule has 0 N–H and O–H groups in total. The van der Waals surface area contributed by atoms with Crippen LogP contribution in [0.2, 0.25) is 0 Å². The Hall–Kier alpha value is -3.52. The van der Waals surface area contributed by atoms with Crippen LogP contribution in [0.25, 0.3) is 0 Å². The van der Waals surface area contributed by atoms with Crippen LogP contribution in [0.4, 0.5) is 5.69 Å². The number of carbonyl (C=O) groups is 1. The van der Waals surface area contributed by atoms with Gasteiger partial charge in [0, 0.05) is 18.7 Å². The summed E-state index contributed by atoms with van der Waals surface area (Å²) in [5, 5.41) is 0. The lowest BCUT2D eigenvalue weighted by Crippen LogP contribution is -2.32. The van der Waals surface area contributed by atoms with E-state index in [9.17, 15) is 13.2 Å². The highest BCUT2D eigenvalue weighted by molar-refractivity contribution is 7.92. The summed E-state index contributed by atoms with van der Waals surface area (Å²) in [4.78, 5) is 15.5. The van der Waals surface area contributed by atoms with Crippen molar-refractivity contribution in [2.45, 2.75) is 30.2 Å². The molecule has 6 rings (SSSR count). The Morgan fingerprint density at radius 2 is 1.71 bits per heavy atom. The van der Waals surface area contributed by atoms with Crippen LogP contribution < -0.4 is 13.8 Å². The number of rotatable bonds is 4. The number of ether oxygens (including phenoxy) is 2. The summed E-state index contributed by atoms with van der Waals surface area (Å²) < 4.78 is 39.8. The lowest BCUT2D eigenvalue weighted by molar-refractivity contribution is 0.0735. The molecule has 0 saturated carbocycles. The van der Waals surface area contributed by atoms with E-state index in [4.69, 9.17) is 9.47 Å². The first kappa shape index (κ1) is 22.0. The number of amides is 1. The Kier molecular flexibility index (Phi) is 5.40. The zero-order chi connectivity index (χ0) is 24.0. The molecule has 1 saturated heterocycles. The fourth-order valence-corrected chi connectivity index (χ4v) is 6.81. The Morgan fingerprint density at radius 3 is 2.60 bits per heavy atom. The van der Waals surface area contributed by atoms with Gasteiger partial charge in [0.2, 0.25) is 0 Å². The number of benzene rings is 3. The maximum Gasteiger partial charge on any atom is 0.264 e. The van der Waals surface area contributed by atoms with Gasteiger partial charge < -0.3 is 14.4 Å². The van der Waals surface area contributed by atoms with Gasteiger partial charge in [0.05, 0.1) is 16.6 Å². The molecule has 3 heterocycles. The van der Waals surface area contributed by atoms with E-state index in [0.717, 1.165) is 29.7 Å². The van der Waals surface area contributed by atoms with Crippen LogP contribution >= 0.6 is 0 Å². The number of hydrogen-bond donors (Lipinski definition) is 0. The van der Waals surface area contributed by atoms with Crippen molar-refractivity contribution in [3.63, 3.8) is 0 Å². The van der Waals surface area contributed by atoms with Crippen LogP contribution in [0.3, 0.4) is 0 Å². The van der Waals surface area contributed by atoms with Gasteiger partial charge >= 0.3 is 0 Å². The maximum atomic E-state index is 13.6. The normalized spacial score (nSPS) is 19.0. The van der Waals surface area contributed by atoms with Gasteiger partial charge in [-0.2, -0.15) is 0 Å². The van der Waals surface area contributed by atoms with E-state index in [1.165, 1.54) is 10.4 Å². The SMILES string of the molecule is O=C(c1cccc(S(=O)(=O)N2CCc3ccccc32)c1)N1CCCC1c1ccc2c(c1)OCCO2.